The fourth-order valence-corrected chi connectivity index (χ4v) is 2.40. The molecule has 2 atom stereocenters. The maximum absolute atomic E-state index is 11.5. The molecule has 0 amide bonds. The van der Waals surface area contributed by atoms with Crippen LogP contribution >= 0.6 is 11.3 Å². The molecule has 1 aromatic rings. The summed E-state index contributed by atoms with van der Waals surface area (Å²) in [5.41, 5.74) is 0. The van der Waals surface area contributed by atoms with Crippen LogP contribution in [0.2, 0.25) is 0 Å². The summed E-state index contributed by atoms with van der Waals surface area (Å²) in [6, 6.07) is 4.09. The number of hydrogen-bond donors (Lipinski definition) is 1. The first-order valence-electron chi connectivity index (χ1n) is 5.65. The zero-order valence-electron chi connectivity index (χ0n) is 10.0. The van der Waals surface area contributed by atoms with Gasteiger partial charge in [-0.2, -0.15) is 0 Å². The molecule has 0 aliphatic heterocycles. The Labute approximate surface area is 101 Å². The number of ether oxygens (including phenoxy) is 1. The monoisotopic (exact) mass is 241 g/mol. The van der Waals surface area contributed by atoms with Gasteiger partial charge in [0.25, 0.3) is 0 Å². The number of esters is 1. The van der Waals surface area contributed by atoms with E-state index < -0.39 is 0 Å². The van der Waals surface area contributed by atoms with Gasteiger partial charge in [-0.1, -0.05) is 13.0 Å². The van der Waals surface area contributed by atoms with Gasteiger partial charge in [0.05, 0.1) is 6.61 Å². The molecule has 0 fully saturated rings. The fourth-order valence-electron chi connectivity index (χ4n) is 1.53. The van der Waals surface area contributed by atoms with Crippen LogP contribution in [0.5, 0.6) is 0 Å². The van der Waals surface area contributed by atoms with Gasteiger partial charge in [0, 0.05) is 10.9 Å². The molecule has 0 bridgehead atoms. The number of carbonyl (C=O) groups is 1. The Balaban J connectivity index is 2.54. The predicted octanol–water partition coefficient (Wildman–Crippen LogP) is 2.74. The lowest BCUT2D eigenvalue weighted by molar-refractivity contribution is -0.145. The highest BCUT2D eigenvalue weighted by molar-refractivity contribution is 7.10. The molecule has 90 valence electrons. The summed E-state index contributed by atoms with van der Waals surface area (Å²) >= 11 is 1.71. The van der Waals surface area contributed by atoms with E-state index in [4.69, 9.17) is 4.74 Å². The van der Waals surface area contributed by atoms with Gasteiger partial charge in [0.15, 0.2) is 0 Å². The molecule has 0 saturated carbocycles. The SMILES string of the molecule is CCOC(=O)C(C)NC(CC)c1cccs1. The van der Waals surface area contributed by atoms with Crippen LogP contribution in [0.3, 0.4) is 0 Å². The number of nitrogens with one attached hydrogen (secondary N) is 1. The maximum Gasteiger partial charge on any atom is 0.322 e. The summed E-state index contributed by atoms with van der Waals surface area (Å²) in [6.45, 7) is 6.20. The van der Waals surface area contributed by atoms with Crippen molar-refractivity contribution < 1.29 is 9.53 Å². The van der Waals surface area contributed by atoms with Gasteiger partial charge in [-0.15, -0.1) is 11.3 Å². The van der Waals surface area contributed by atoms with E-state index in [1.165, 1.54) is 4.88 Å². The first kappa shape index (κ1) is 13.2. The van der Waals surface area contributed by atoms with E-state index in [0.29, 0.717) is 6.61 Å². The van der Waals surface area contributed by atoms with Crippen LogP contribution in [-0.2, 0) is 9.53 Å². The molecule has 1 rings (SSSR count). The minimum Gasteiger partial charge on any atom is -0.465 e. The van der Waals surface area contributed by atoms with Crippen molar-refractivity contribution in [3.05, 3.63) is 22.4 Å². The molecule has 0 aliphatic rings. The van der Waals surface area contributed by atoms with E-state index in [1.54, 1.807) is 11.3 Å². The Morgan fingerprint density at radius 1 is 1.56 bits per heavy atom. The summed E-state index contributed by atoms with van der Waals surface area (Å²) in [5, 5.41) is 5.34. The van der Waals surface area contributed by atoms with Crippen LogP contribution in [0.15, 0.2) is 17.5 Å². The Hall–Kier alpha value is -0.870. The smallest absolute Gasteiger partial charge is 0.322 e. The van der Waals surface area contributed by atoms with Gasteiger partial charge in [0.1, 0.15) is 6.04 Å². The normalized spacial score (nSPS) is 14.4. The van der Waals surface area contributed by atoms with Crippen LogP contribution in [0.1, 0.15) is 38.1 Å². The lowest BCUT2D eigenvalue weighted by Crippen LogP contribution is -2.37. The molecule has 2 unspecified atom stereocenters. The van der Waals surface area contributed by atoms with Gasteiger partial charge in [-0.05, 0) is 31.7 Å². The molecule has 0 spiro atoms. The standard InChI is InChI=1S/C12H19NO2S/c1-4-10(11-7-6-8-16-11)13-9(3)12(14)15-5-2/h6-10,13H,4-5H2,1-3H3. The molecule has 4 heteroatoms. The number of hydrogen-bond acceptors (Lipinski definition) is 4. The second kappa shape index (κ2) is 6.66. The first-order chi connectivity index (χ1) is 7.69. The van der Waals surface area contributed by atoms with Crippen molar-refractivity contribution >= 4 is 17.3 Å². The summed E-state index contributed by atoms with van der Waals surface area (Å²) in [7, 11) is 0. The summed E-state index contributed by atoms with van der Waals surface area (Å²) < 4.78 is 4.97. The number of rotatable bonds is 6. The predicted molar refractivity (Wildman–Crippen MR) is 66.6 cm³/mol. The third-order valence-corrected chi connectivity index (χ3v) is 3.37. The van der Waals surface area contributed by atoms with Gasteiger partial charge in [-0.3, -0.25) is 10.1 Å². The Bertz CT molecular complexity index is 311. The molecular formula is C12H19NO2S. The van der Waals surface area contributed by atoms with Gasteiger partial charge in [-0.25, -0.2) is 0 Å². The third-order valence-electron chi connectivity index (χ3n) is 2.39. The molecule has 3 nitrogen and oxygen atoms in total. The average molecular weight is 241 g/mol. The Kier molecular flexibility index (Phi) is 5.49. The van der Waals surface area contributed by atoms with Crippen LogP contribution in [0.25, 0.3) is 0 Å². The summed E-state index contributed by atoms with van der Waals surface area (Å²) in [5.74, 6) is -0.183. The van der Waals surface area contributed by atoms with Crippen molar-refractivity contribution in [3.63, 3.8) is 0 Å². The first-order valence-corrected chi connectivity index (χ1v) is 6.53. The topological polar surface area (TPSA) is 38.3 Å². The second-order valence-corrected chi connectivity index (χ2v) is 4.60. The maximum atomic E-state index is 11.5. The van der Waals surface area contributed by atoms with Crippen LogP contribution < -0.4 is 5.32 Å². The van der Waals surface area contributed by atoms with E-state index in [0.717, 1.165) is 6.42 Å². The zero-order chi connectivity index (χ0) is 12.0. The molecule has 0 saturated heterocycles. The molecule has 1 heterocycles. The quantitative estimate of drug-likeness (QED) is 0.778. The number of carbonyl (C=O) groups excluding carboxylic acids is 1. The lowest BCUT2D eigenvalue weighted by atomic mass is 10.1. The Morgan fingerprint density at radius 2 is 2.31 bits per heavy atom. The van der Waals surface area contributed by atoms with Crippen molar-refractivity contribution in [1.82, 2.24) is 5.32 Å². The van der Waals surface area contributed by atoms with E-state index in [-0.39, 0.29) is 18.1 Å². The summed E-state index contributed by atoms with van der Waals surface area (Å²) in [6.07, 6.45) is 0.963. The molecule has 0 aromatic carbocycles. The Morgan fingerprint density at radius 3 is 2.81 bits per heavy atom. The van der Waals surface area contributed by atoms with Crippen molar-refractivity contribution in [1.29, 1.82) is 0 Å². The molecule has 0 radical (unpaired) electrons. The van der Waals surface area contributed by atoms with Crippen molar-refractivity contribution in [2.24, 2.45) is 0 Å². The lowest BCUT2D eigenvalue weighted by Gasteiger charge is -2.20. The second-order valence-electron chi connectivity index (χ2n) is 3.62. The van der Waals surface area contributed by atoms with E-state index in [1.807, 2.05) is 19.9 Å². The van der Waals surface area contributed by atoms with E-state index in [2.05, 4.69) is 23.7 Å². The largest absolute Gasteiger partial charge is 0.465 e. The van der Waals surface area contributed by atoms with Gasteiger partial charge in [0.2, 0.25) is 0 Å². The minimum atomic E-state index is -0.257. The number of thiophene rings is 1. The van der Waals surface area contributed by atoms with Crippen LogP contribution in [0, 0.1) is 0 Å². The van der Waals surface area contributed by atoms with E-state index in [9.17, 15) is 4.79 Å². The minimum absolute atomic E-state index is 0.183. The van der Waals surface area contributed by atoms with Crippen LogP contribution in [-0.4, -0.2) is 18.6 Å². The van der Waals surface area contributed by atoms with Crippen LogP contribution in [0.4, 0.5) is 0 Å². The third kappa shape index (κ3) is 3.61. The zero-order valence-corrected chi connectivity index (χ0v) is 10.8. The highest BCUT2D eigenvalue weighted by Crippen LogP contribution is 2.22. The molecule has 0 aliphatic carbocycles. The molecular weight excluding hydrogens is 222 g/mol. The molecule has 1 N–H and O–H groups in total. The van der Waals surface area contributed by atoms with E-state index >= 15 is 0 Å². The van der Waals surface area contributed by atoms with Crippen molar-refractivity contribution in [2.75, 3.05) is 6.61 Å². The van der Waals surface area contributed by atoms with Crippen molar-refractivity contribution in [3.8, 4) is 0 Å². The highest BCUT2D eigenvalue weighted by Gasteiger charge is 2.19. The average Bonchev–Trinajstić information content (AvgIpc) is 2.79. The molecule has 16 heavy (non-hydrogen) atoms. The van der Waals surface area contributed by atoms with Crippen molar-refractivity contribution in [2.45, 2.75) is 39.3 Å². The summed E-state index contributed by atoms with van der Waals surface area (Å²) in [4.78, 5) is 12.7. The molecule has 1 aromatic heterocycles. The van der Waals surface area contributed by atoms with Gasteiger partial charge < -0.3 is 4.74 Å². The fraction of sp³-hybridized carbons (Fsp3) is 0.583. The highest BCUT2D eigenvalue weighted by atomic mass is 32.1. The van der Waals surface area contributed by atoms with Gasteiger partial charge >= 0.3 is 5.97 Å².